The molecule has 0 heterocycles. The van der Waals surface area contributed by atoms with Gasteiger partial charge in [0.1, 0.15) is 6.61 Å². The molecule has 0 radical (unpaired) electrons. The van der Waals surface area contributed by atoms with Gasteiger partial charge in [0.2, 0.25) is 0 Å². The van der Waals surface area contributed by atoms with Crippen LogP contribution >= 0.6 is 0 Å². The van der Waals surface area contributed by atoms with Gasteiger partial charge in [-0.15, -0.1) is 0 Å². The molecule has 0 aliphatic carbocycles. The zero-order valence-electron chi connectivity index (χ0n) is 8.35. The SMILES string of the molecule is CC(C)CNCCCOCC(F)F. The summed E-state index contributed by atoms with van der Waals surface area (Å²) in [5, 5.41) is 3.21. The van der Waals surface area contributed by atoms with Crippen molar-refractivity contribution in [3.05, 3.63) is 0 Å². The Balaban J connectivity index is 2.92. The highest BCUT2D eigenvalue weighted by Gasteiger charge is 2.00. The highest BCUT2D eigenvalue weighted by atomic mass is 19.3. The van der Waals surface area contributed by atoms with Crippen LogP contribution in [-0.4, -0.2) is 32.7 Å². The van der Waals surface area contributed by atoms with Gasteiger partial charge in [0.25, 0.3) is 6.43 Å². The van der Waals surface area contributed by atoms with Crippen LogP contribution in [-0.2, 0) is 4.74 Å². The third kappa shape index (κ3) is 11.8. The van der Waals surface area contributed by atoms with Gasteiger partial charge in [0.05, 0.1) is 0 Å². The van der Waals surface area contributed by atoms with Gasteiger partial charge in [0.15, 0.2) is 0 Å². The molecule has 0 saturated carbocycles. The number of rotatable bonds is 8. The van der Waals surface area contributed by atoms with E-state index in [0.29, 0.717) is 12.5 Å². The lowest BCUT2D eigenvalue weighted by molar-refractivity contribution is 0.0168. The lowest BCUT2D eigenvalue weighted by Gasteiger charge is -2.07. The second-order valence-electron chi connectivity index (χ2n) is 3.42. The van der Waals surface area contributed by atoms with Crippen LogP contribution in [0.15, 0.2) is 0 Å². The van der Waals surface area contributed by atoms with Crippen molar-refractivity contribution in [2.75, 3.05) is 26.3 Å². The summed E-state index contributed by atoms with van der Waals surface area (Å²) in [5.41, 5.74) is 0. The summed E-state index contributed by atoms with van der Waals surface area (Å²) in [6.07, 6.45) is -1.55. The molecule has 0 aromatic rings. The van der Waals surface area contributed by atoms with Crippen molar-refractivity contribution in [3.8, 4) is 0 Å². The Bertz CT molecular complexity index is 97.8. The first-order chi connectivity index (χ1) is 6.13. The van der Waals surface area contributed by atoms with Crippen molar-refractivity contribution in [2.24, 2.45) is 5.92 Å². The molecule has 0 aromatic heterocycles. The van der Waals surface area contributed by atoms with Crippen molar-refractivity contribution in [2.45, 2.75) is 26.7 Å². The first kappa shape index (κ1) is 12.8. The Hall–Kier alpha value is -0.220. The molecule has 1 N–H and O–H groups in total. The van der Waals surface area contributed by atoms with Crippen LogP contribution in [0.2, 0.25) is 0 Å². The lowest BCUT2D eigenvalue weighted by Crippen LogP contribution is -2.22. The Morgan fingerprint density at radius 3 is 2.54 bits per heavy atom. The first-order valence-corrected chi connectivity index (χ1v) is 4.69. The molecule has 0 atom stereocenters. The number of alkyl halides is 2. The molecule has 13 heavy (non-hydrogen) atoms. The smallest absolute Gasteiger partial charge is 0.261 e. The number of hydrogen-bond acceptors (Lipinski definition) is 2. The molecule has 2 nitrogen and oxygen atoms in total. The quantitative estimate of drug-likeness (QED) is 0.597. The predicted octanol–water partition coefficient (Wildman–Crippen LogP) is 1.90. The molecule has 0 aliphatic heterocycles. The van der Waals surface area contributed by atoms with Gasteiger partial charge in [-0.2, -0.15) is 0 Å². The van der Waals surface area contributed by atoms with Gasteiger partial charge < -0.3 is 10.1 Å². The summed E-state index contributed by atoms with van der Waals surface area (Å²) in [5.74, 6) is 0.627. The summed E-state index contributed by atoms with van der Waals surface area (Å²) >= 11 is 0. The molecule has 0 fully saturated rings. The van der Waals surface area contributed by atoms with Crippen LogP contribution in [0.25, 0.3) is 0 Å². The fraction of sp³-hybridized carbons (Fsp3) is 1.00. The van der Waals surface area contributed by atoms with E-state index in [1.165, 1.54) is 0 Å². The minimum atomic E-state index is -2.34. The average Bonchev–Trinajstić information content (AvgIpc) is 2.01. The van der Waals surface area contributed by atoms with Crippen molar-refractivity contribution in [1.82, 2.24) is 5.32 Å². The van der Waals surface area contributed by atoms with Gasteiger partial charge >= 0.3 is 0 Å². The summed E-state index contributed by atoms with van der Waals surface area (Å²) in [6.45, 7) is 6.02. The summed E-state index contributed by atoms with van der Waals surface area (Å²) < 4.78 is 27.9. The Morgan fingerprint density at radius 2 is 2.00 bits per heavy atom. The standard InChI is InChI=1S/C9H19F2NO/c1-8(2)6-12-4-3-5-13-7-9(10)11/h8-9,12H,3-7H2,1-2H3. The van der Waals surface area contributed by atoms with E-state index in [4.69, 9.17) is 4.74 Å². The monoisotopic (exact) mass is 195 g/mol. The van der Waals surface area contributed by atoms with Gasteiger partial charge in [-0.25, -0.2) is 8.78 Å². The second kappa shape index (κ2) is 8.38. The molecule has 0 amide bonds. The number of nitrogens with one attached hydrogen (secondary N) is 1. The van der Waals surface area contributed by atoms with E-state index < -0.39 is 13.0 Å². The summed E-state index contributed by atoms with van der Waals surface area (Å²) in [4.78, 5) is 0. The van der Waals surface area contributed by atoms with Crippen LogP contribution in [0.5, 0.6) is 0 Å². The summed E-state index contributed by atoms with van der Waals surface area (Å²) in [7, 11) is 0. The largest absolute Gasteiger partial charge is 0.375 e. The van der Waals surface area contributed by atoms with Crippen LogP contribution in [0, 0.1) is 5.92 Å². The Kier molecular flexibility index (Phi) is 8.24. The van der Waals surface area contributed by atoms with Gasteiger partial charge in [-0.05, 0) is 25.4 Å². The van der Waals surface area contributed by atoms with E-state index in [-0.39, 0.29) is 0 Å². The van der Waals surface area contributed by atoms with Crippen LogP contribution in [0.4, 0.5) is 8.78 Å². The van der Waals surface area contributed by atoms with Crippen LogP contribution in [0.1, 0.15) is 20.3 Å². The fourth-order valence-electron chi connectivity index (χ4n) is 0.862. The molecule has 0 saturated heterocycles. The maximum Gasteiger partial charge on any atom is 0.261 e. The fourth-order valence-corrected chi connectivity index (χ4v) is 0.862. The van der Waals surface area contributed by atoms with Gasteiger partial charge in [-0.1, -0.05) is 13.8 Å². The van der Waals surface area contributed by atoms with E-state index in [0.717, 1.165) is 19.5 Å². The average molecular weight is 195 g/mol. The van der Waals surface area contributed by atoms with Crippen molar-refractivity contribution >= 4 is 0 Å². The minimum absolute atomic E-state index is 0.412. The molecule has 0 spiro atoms. The highest BCUT2D eigenvalue weighted by molar-refractivity contribution is 4.50. The Morgan fingerprint density at radius 1 is 1.31 bits per heavy atom. The number of halogens is 2. The topological polar surface area (TPSA) is 21.3 Å². The third-order valence-electron chi connectivity index (χ3n) is 1.44. The van der Waals surface area contributed by atoms with E-state index in [2.05, 4.69) is 19.2 Å². The maximum atomic E-state index is 11.6. The lowest BCUT2D eigenvalue weighted by atomic mass is 10.2. The van der Waals surface area contributed by atoms with Crippen LogP contribution in [0.3, 0.4) is 0 Å². The molecule has 0 unspecified atom stereocenters. The van der Waals surface area contributed by atoms with Gasteiger partial charge in [-0.3, -0.25) is 0 Å². The molecule has 0 bridgehead atoms. The maximum absolute atomic E-state index is 11.6. The second-order valence-corrected chi connectivity index (χ2v) is 3.42. The minimum Gasteiger partial charge on any atom is -0.375 e. The normalized spacial score (nSPS) is 11.5. The molecule has 0 rings (SSSR count). The Labute approximate surface area is 78.7 Å². The molecule has 0 aromatic carbocycles. The summed E-state index contributed by atoms with van der Waals surface area (Å²) in [6, 6.07) is 0. The highest BCUT2D eigenvalue weighted by Crippen LogP contribution is 1.93. The van der Waals surface area contributed by atoms with E-state index in [1.54, 1.807) is 0 Å². The molecule has 80 valence electrons. The zero-order valence-corrected chi connectivity index (χ0v) is 8.35. The number of ether oxygens (including phenoxy) is 1. The molecule has 0 aliphatic rings. The first-order valence-electron chi connectivity index (χ1n) is 4.69. The van der Waals surface area contributed by atoms with E-state index in [9.17, 15) is 8.78 Å². The molecule has 4 heteroatoms. The number of hydrogen-bond donors (Lipinski definition) is 1. The van der Waals surface area contributed by atoms with Crippen molar-refractivity contribution < 1.29 is 13.5 Å². The molecular formula is C9H19F2NO. The van der Waals surface area contributed by atoms with Crippen LogP contribution < -0.4 is 5.32 Å². The van der Waals surface area contributed by atoms with E-state index >= 15 is 0 Å². The zero-order chi connectivity index (χ0) is 10.1. The van der Waals surface area contributed by atoms with Crippen molar-refractivity contribution in [3.63, 3.8) is 0 Å². The van der Waals surface area contributed by atoms with Gasteiger partial charge in [0, 0.05) is 6.61 Å². The molecular weight excluding hydrogens is 176 g/mol. The predicted molar refractivity (Wildman–Crippen MR) is 49.1 cm³/mol. The third-order valence-corrected chi connectivity index (χ3v) is 1.44. The van der Waals surface area contributed by atoms with Crippen molar-refractivity contribution in [1.29, 1.82) is 0 Å². The van der Waals surface area contributed by atoms with E-state index in [1.807, 2.05) is 0 Å².